The van der Waals surface area contributed by atoms with Crippen LogP contribution in [0.3, 0.4) is 0 Å². The number of carbonyl (C=O) groups is 1. The van der Waals surface area contributed by atoms with Gasteiger partial charge < -0.3 is 16.0 Å². The number of carbonyl (C=O) groups excluding carboxylic acids is 1. The van der Waals surface area contributed by atoms with Gasteiger partial charge in [-0.1, -0.05) is 26.0 Å². The molecule has 0 fully saturated rings. The van der Waals surface area contributed by atoms with E-state index >= 15 is 0 Å². The fraction of sp³-hybridized carbons (Fsp3) is 0.529. The zero-order valence-corrected chi connectivity index (χ0v) is 16.8. The summed E-state index contributed by atoms with van der Waals surface area (Å²) in [7, 11) is 0. The maximum atomic E-state index is 11.8. The van der Waals surface area contributed by atoms with E-state index in [9.17, 15) is 4.79 Å². The average molecular weight is 432 g/mol. The molecule has 0 aliphatic carbocycles. The maximum Gasteiger partial charge on any atom is 0.224 e. The number of anilines is 1. The number of aliphatic imine (C=N–C) groups is 1. The van der Waals surface area contributed by atoms with Crippen molar-refractivity contribution in [3.63, 3.8) is 0 Å². The summed E-state index contributed by atoms with van der Waals surface area (Å²) in [4.78, 5) is 18.2. The van der Waals surface area contributed by atoms with Gasteiger partial charge in [0.2, 0.25) is 5.91 Å². The summed E-state index contributed by atoms with van der Waals surface area (Å²) in [5, 5.41) is 2.92. The van der Waals surface area contributed by atoms with Gasteiger partial charge in [-0.05, 0) is 37.5 Å². The van der Waals surface area contributed by atoms with Gasteiger partial charge in [-0.3, -0.25) is 4.79 Å². The van der Waals surface area contributed by atoms with Crippen molar-refractivity contribution in [3.8, 4) is 0 Å². The molecule has 1 rings (SSSR count). The Balaban J connectivity index is 0.00000484. The van der Waals surface area contributed by atoms with Gasteiger partial charge in [0.25, 0.3) is 0 Å². The van der Waals surface area contributed by atoms with E-state index in [1.165, 1.54) is 0 Å². The molecule has 1 aromatic rings. The molecule has 0 saturated heterocycles. The Morgan fingerprint density at radius 1 is 1.30 bits per heavy atom. The molecule has 3 N–H and O–H groups in total. The minimum Gasteiger partial charge on any atom is -0.370 e. The predicted molar refractivity (Wildman–Crippen MR) is 108 cm³/mol. The van der Waals surface area contributed by atoms with Gasteiger partial charge in [0, 0.05) is 25.2 Å². The normalized spacial score (nSPS) is 11.1. The Labute approximate surface area is 156 Å². The zero-order chi connectivity index (χ0) is 16.5. The molecule has 5 nitrogen and oxygen atoms in total. The monoisotopic (exact) mass is 432 g/mol. The van der Waals surface area contributed by atoms with Gasteiger partial charge in [-0.2, -0.15) is 0 Å². The zero-order valence-electron chi connectivity index (χ0n) is 14.5. The lowest BCUT2D eigenvalue weighted by Gasteiger charge is -2.19. The smallest absolute Gasteiger partial charge is 0.224 e. The molecular formula is C17H29IN4O. The van der Waals surface area contributed by atoms with Crippen LogP contribution in [0.4, 0.5) is 5.69 Å². The first-order valence-corrected chi connectivity index (χ1v) is 7.89. The Kier molecular flexibility index (Phi) is 10.6. The van der Waals surface area contributed by atoms with E-state index in [0.717, 1.165) is 24.3 Å². The molecule has 23 heavy (non-hydrogen) atoms. The van der Waals surface area contributed by atoms with E-state index in [1.807, 2.05) is 43.0 Å². The topological polar surface area (TPSA) is 70.7 Å². The lowest BCUT2D eigenvalue weighted by Crippen LogP contribution is -2.37. The third-order valence-corrected chi connectivity index (χ3v) is 3.32. The van der Waals surface area contributed by atoms with E-state index in [4.69, 9.17) is 5.73 Å². The van der Waals surface area contributed by atoms with Crippen molar-refractivity contribution in [1.29, 1.82) is 0 Å². The first-order valence-electron chi connectivity index (χ1n) is 7.89. The van der Waals surface area contributed by atoms with Gasteiger partial charge in [-0.25, -0.2) is 4.99 Å². The molecule has 0 radical (unpaired) electrons. The maximum absolute atomic E-state index is 11.8. The van der Waals surface area contributed by atoms with E-state index < -0.39 is 0 Å². The van der Waals surface area contributed by atoms with Crippen molar-refractivity contribution < 1.29 is 4.79 Å². The largest absolute Gasteiger partial charge is 0.370 e. The van der Waals surface area contributed by atoms with E-state index in [-0.39, 0.29) is 29.9 Å². The molecule has 0 atom stereocenters. The molecule has 0 unspecified atom stereocenters. The molecule has 1 aromatic carbocycles. The number of rotatable bonds is 7. The summed E-state index contributed by atoms with van der Waals surface area (Å²) >= 11 is 0. The van der Waals surface area contributed by atoms with Gasteiger partial charge in [-0.15, -0.1) is 24.0 Å². The third kappa shape index (κ3) is 8.20. The Morgan fingerprint density at radius 3 is 2.52 bits per heavy atom. The molecule has 0 aliphatic rings. The summed E-state index contributed by atoms with van der Waals surface area (Å²) in [5.41, 5.74) is 7.80. The minimum atomic E-state index is 0. The van der Waals surface area contributed by atoms with Crippen molar-refractivity contribution in [1.82, 2.24) is 4.90 Å². The number of guanidine groups is 1. The first-order chi connectivity index (χ1) is 10.5. The first kappa shape index (κ1) is 21.7. The quantitative estimate of drug-likeness (QED) is 0.394. The van der Waals surface area contributed by atoms with Crippen LogP contribution >= 0.6 is 24.0 Å². The number of hydrogen-bond donors (Lipinski definition) is 2. The highest BCUT2D eigenvalue weighted by atomic mass is 127. The summed E-state index contributed by atoms with van der Waals surface area (Å²) in [6.07, 6.45) is 0.525. The molecule has 0 spiro atoms. The fourth-order valence-corrected chi connectivity index (χ4v) is 2.15. The standard InChI is InChI=1S/C17H28N4O.HI/c1-5-21(6-2)17(18)19-12-14-8-7-9-15(11-14)20-16(22)10-13(3)4;/h7-9,11,13H,5-6,10,12H2,1-4H3,(H2,18,19)(H,20,22);1H. The molecule has 6 heteroatoms. The summed E-state index contributed by atoms with van der Waals surface area (Å²) in [6, 6.07) is 7.73. The fourth-order valence-electron chi connectivity index (χ4n) is 2.15. The van der Waals surface area contributed by atoms with Gasteiger partial charge in [0.1, 0.15) is 0 Å². The molecular weight excluding hydrogens is 403 g/mol. The highest BCUT2D eigenvalue weighted by Gasteiger charge is 2.06. The van der Waals surface area contributed by atoms with Crippen molar-refractivity contribution in [3.05, 3.63) is 29.8 Å². The Hall–Kier alpha value is -1.31. The highest BCUT2D eigenvalue weighted by molar-refractivity contribution is 14.0. The van der Waals surface area contributed by atoms with Gasteiger partial charge >= 0.3 is 0 Å². The van der Waals surface area contributed by atoms with Crippen molar-refractivity contribution >= 4 is 41.5 Å². The third-order valence-electron chi connectivity index (χ3n) is 3.32. The van der Waals surface area contributed by atoms with Crippen LogP contribution in [-0.4, -0.2) is 29.9 Å². The number of nitrogens with one attached hydrogen (secondary N) is 1. The average Bonchev–Trinajstić information content (AvgIpc) is 2.46. The highest BCUT2D eigenvalue weighted by Crippen LogP contribution is 2.13. The number of nitrogens with two attached hydrogens (primary N) is 1. The Morgan fingerprint density at radius 2 is 1.96 bits per heavy atom. The summed E-state index contributed by atoms with van der Waals surface area (Å²) in [5.74, 6) is 0.944. The molecule has 0 heterocycles. The van der Waals surface area contributed by atoms with Crippen LogP contribution in [0.5, 0.6) is 0 Å². The molecule has 1 amide bonds. The molecule has 0 aliphatic heterocycles. The number of benzene rings is 1. The second kappa shape index (κ2) is 11.3. The van der Waals surface area contributed by atoms with Crippen molar-refractivity contribution in [2.45, 2.75) is 40.7 Å². The Bertz CT molecular complexity index is 513. The van der Waals surface area contributed by atoms with Crippen LogP contribution in [0.2, 0.25) is 0 Å². The second-order valence-electron chi connectivity index (χ2n) is 5.69. The number of hydrogen-bond acceptors (Lipinski definition) is 2. The SMILES string of the molecule is CCN(CC)C(N)=NCc1cccc(NC(=O)CC(C)C)c1.I. The van der Waals surface area contributed by atoms with Crippen LogP contribution in [0.15, 0.2) is 29.3 Å². The van der Waals surface area contributed by atoms with Crippen LogP contribution < -0.4 is 11.1 Å². The van der Waals surface area contributed by atoms with E-state index in [0.29, 0.717) is 24.8 Å². The second-order valence-corrected chi connectivity index (χ2v) is 5.69. The predicted octanol–water partition coefficient (Wildman–Crippen LogP) is 3.45. The van der Waals surface area contributed by atoms with Crippen LogP contribution in [-0.2, 0) is 11.3 Å². The molecule has 0 aromatic heterocycles. The molecule has 130 valence electrons. The van der Waals surface area contributed by atoms with Crippen LogP contribution in [0.25, 0.3) is 0 Å². The van der Waals surface area contributed by atoms with Crippen LogP contribution in [0, 0.1) is 5.92 Å². The minimum absolute atomic E-state index is 0. The van der Waals surface area contributed by atoms with E-state index in [2.05, 4.69) is 24.2 Å². The van der Waals surface area contributed by atoms with E-state index in [1.54, 1.807) is 0 Å². The molecule has 0 saturated carbocycles. The number of amides is 1. The van der Waals surface area contributed by atoms with Crippen molar-refractivity contribution in [2.75, 3.05) is 18.4 Å². The number of nitrogens with zero attached hydrogens (tertiary/aromatic N) is 2. The lowest BCUT2D eigenvalue weighted by atomic mass is 10.1. The van der Waals surface area contributed by atoms with Gasteiger partial charge in [0.05, 0.1) is 6.54 Å². The van der Waals surface area contributed by atoms with Gasteiger partial charge in [0.15, 0.2) is 5.96 Å². The summed E-state index contributed by atoms with van der Waals surface area (Å²) in [6.45, 7) is 10.4. The summed E-state index contributed by atoms with van der Waals surface area (Å²) < 4.78 is 0. The number of halogens is 1. The molecule has 0 bridgehead atoms. The van der Waals surface area contributed by atoms with Crippen LogP contribution in [0.1, 0.15) is 39.7 Å². The lowest BCUT2D eigenvalue weighted by molar-refractivity contribution is -0.116. The van der Waals surface area contributed by atoms with Crippen molar-refractivity contribution in [2.24, 2.45) is 16.6 Å².